The average molecular weight is 247 g/mol. The molecular weight excluding hydrogens is 226 g/mol. The van der Waals surface area contributed by atoms with Crippen molar-refractivity contribution in [1.29, 1.82) is 0 Å². The highest BCUT2D eigenvalue weighted by atomic mass is 16.5. The molecular formula is C14H21N3O. The molecule has 2 rings (SSSR count). The number of methoxy groups -OCH3 is 1. The van der Waals surface area contributed by atoms with Crippen molar-refractivity contribution in [2.24, 2.45) is 16.6 Å². The zero-order chi connectivity index (χ0) is 13.0. The summed E-state index contributed by atoms with van der Waals surface area (Å²) >= 11 is 0. The maximum Gasteiger partial charge on any atom is 0.188 e. The molecule has 4 nitrogen and oxygen atoms in total. The predicted octanol–water partition coefficient (Wildman–Crippen LogP) is 1.55. The van der Waals surface area contributed by atoms with Crippen molar-refractivity contribution < 1.29 is 4.74 Å². The van der Waals surface area contributed by atoms with Gasteiger partial charge in [-0.2, -0.15) is 0 Å². The molecule has 98 valence electrons. The van der Waals surface area contributed by atoms with Crippen molar-refractivity contribution in [3.63, 3.8) is 0 Å². The lowest BCUT2D eigenvalue weighted by Gasteiger charge is -2.04. The van der Waals surface area contributed by atoms with Gasteiger partial charge in [0.2, 0.25) is 0 Å². The molecule has 4 heteroatoms. The second-order valence-electron chi connectivity index (χ2n) is 4.83. The van der Waals surface area contributed by atoms with Crippen molar-refractivity contribution in [3.8, 4) is 5.75 Å². The van der Waals surface area contributed by atoms with Crippen molar-refractivity contribution in [1.82, 2.24) is 5.32 Å². The minimum Gasteiger partial charge on any atom is -0.497 e. The Hall–Kier alpha value is -1.71. The summed E-state index contributed by atoms with van der Waals surface area (Å²) in [7, 11) is 1.67. The van der Waals surface area contributed by atoms with Crippen LogP contribution >= 0.6 is 0 Å². The number of guanidine groups is 1. The van der Waals surface area contributed by atoms with Gasteiger partial charge in [-0.3, -0.25) is 4.99 Å². The molecule has 0 amide bonds. The Kier molecular flexibility index (Phi) is 4.07. The van der Waals surface area contributed by atoms with Crippen LogP contribution < -0.4 is 15.8 Å². The van der Waals surface area contributed by atoms with Crippen LogP contribution in [0.25, 0.3) is 0 Å². The maximum absolute atomic E-state index is 5.81. The lowest BCUT2D eigenvalue weighted by molar-refractivity contribution is 0.414. The molecule has 3 N–H and O–H groups in total. The summed E-state index contributed by atoms with van der Waals surface area (Å²) in [5.74, 6) is 2.18. The first-order chi connectivity index (χ1) is 8.69. The third-order valence-electron chi connectivity index (χ3n) is 3.28. The normalized spacial score (nSPS) is 22.7. The van der Waals surface area contributed by atoms with Crippen LogP contribution in [0.1, 0.15) is 18.9 Å². The summed E-state index contributed by atoms with van der Waals surface area (Å²) in [6.45, 7) is 2.93. The Balaban J connectivity index is 1.74. The number of ether oxygens (including phenoxy) is 1. The molecule has 2 atom stereocenters. The number of benzene rings is 1. The number of nitrogens with zero attached hydrogens (tertiary/aromatic N) is 1. The van der Waals surface area contributed by atoms with Crippen LogP contribution in [-0.4, -0.2) is 25.7 Å². The summed E-state index contributed by atoms with van der Waals surface area (Å²) in [6, 6.07) is 8.58. The summed E-state index contributed by atoms with van der Waals surface area (Å²) < 4.78 is 5.12. The second-order valence-corrected chi connectivity index (χ2v) is 4.83. The fourth-order valence-electron chi connectivity index (χ4n) is 1.86. The van der Waals surface area contributed by atoms with Gasteiger partial charge in [0.15, 0.2) is 5.96 Å². The Bertz CT molecular complexity index is 414. The van der Waals surface area contributed by atoms with Crippen molar-refractivity contribution in [2.45, 2.75) is 25.8 Å². The van der Waals surface area contributed by atoms with Crippen LogP contribution in [0.3, 0.4) is 0 Å². The first kappa shape index (κ1) is 12.7. The van der Waals surface area contributed by atoms with Crippen LogP contribution in [0, 0.1) is 5.92 Å². The quantitative estimate of drug-likeness (QED) is 0.613. The van der Waals surface area contributed by atoms with E-state index in [9.17, 15) is 0 Å². The van der Waals surface area contributed by atoms with E-state index < -0.39 is 0 Å². The summed E-state index contributed by atoms with van der Waals surface area (Å²) in [4.78, 5) is 4.33. The third-order valence-corrected chi connectivity index (χ3v) is 3.28. The van der Waals surface area contributed by atoms with E-state index in [2.05, 4.69) is 29.4 Å². The molecule has 0 saturated heterocycles. The average Bonchev–Trinajstić information content (AvgIpc) is 3.05. The maximum atomic E-state index is 5.81. The number of nitrogens with two attached hydrogens (primary N) is 1. The molecule has 1 fully saturated rings. The van der Waals surface area contributed by atoms with Crippen LogP contribution in [0.5, 0.6) is 5.75 Å². The van der Waals surface area contributed by atoms with E-state index in [1.807, 2.05) is 12.1 Å². The Morgan fingerprint density at radius 1 is 1.44 bits per heavy atom. The van der Waals surface area contributed by atoms with Gasteiger partial charge in [0.1, 0.15) is 5.75 Å². The molecule has 0 unspecified atom stereocenters. The van der Waals surface area contributed by atoms with Gasteiger partial charge in [-0.1, -0.05) is 19.1 Å². The van der Waals surface area contributed by atoms with E-state index in [1.165, 1.54) is 12.0 Å². The summed E-state index contributed by atoms with van der Waals surface area (Å²) in [6.07, 6.45) is 2.10. The van der Waals surface area contributed by atoms with Gasteiger partial charge in [0.05, 0.1) is 7.11 Å². The summed E-state index contributed by atoms with van der Waals surface area (Å²) in [5, 5.41) is 3.22. The largest absolute Gasteiger partial charge is 0.497 e. The molecule has 1 saturated carbocycles. The van der Waals surface area contributed by atoms with E-state index in [0.29, 0.717) is 18.5 Å². The number of rotatable bonds is 5. The standard InChI is InChI=1S/C14H21N3O/c1-10-9-13(10)17-14(15)16-8-7-11-3-5-12(18-2)6-4-11/h3-6,10,13H,7-9H2,1-2H3,(H3,15,16,17)/t10-,13+/m0/s1. The van der Waals surface area contributed by atoms with E-state index in [0.717, 1.165) is 18.1 Å². The first-order valence-electron chi connectivity index (χ1n) is 6.38. The zero-order valence-corrected chi connectivity index (χ0v) is 11.0. The molecule has 1 aromatic rings. The van der Waals surface area contributed by atoms with Crippen LogP contribution in [-0.2, 0) is 6.42 Å². The molecule has 0 radical (unpaired) electrons. The number of hydrogen-bond donors (Lipinski definition) is 2. The highest BCUT2D eigenvalue weighted by Crippen LogP contribution is 2.28. The fourth-order valence-corrected chi connectivity index (χ4v) is 1.86. The second kappa shape index (κ2) is 5.76. The highest BCUT2D eigenvalue weighted by molar-refractivity contribution is 5.78. The van der Waals surface area contributed by atoms with E-state index >= 15 is 0 Å². The highest BCUT2D eigenvalue weighted by Gasteiger charge is 2.32. The molecule has 1 aliphatic carbocycles. The number of hydrogen-bond acceptors (Lipinski definition) is 2. The molecule has 18 heavy (non-hydrogen) atoms. The fraction of sp³-hybridized carbons (Fsp3) is 0.500. The lowest BCUT2D eigenvalue weighted by Crippen LogP contribution is -2.34. The van der Waals surface area contributed by atoms with Crippen molar-refractivity contribution >= 4 is 5.96 Å². The van der Waals surface area contributed by atoms with E-state index in [-0.39, 0.29) is 0 Å². The SMILES string of the molecule is COc1ccc(CCN=C(N)N[C@@H]2C[C@@H]2C)cc1. The minimum atomic E-state index is 0.537. The Morgan fingerprint density at radius 2 is 2.11 bits per heavy atom. The van der Waals surface area contributed by atoms with Crippen molar-refractivity contribution in [2.75, 3.05) is 13.7 Å². The van der Waals surface area contributed by atoms with Crippen LogP contribution in [0.4, 0.5) is 0 Å². The lowest BCUT2D eigenvalue weighted by atomic mass is 10.1. The zero-order valence-electron chi connectivity index (χ0n) is 11.0. The molecule has 0 spiro atoms. The summed E-state index contributed by atoms with van der Waals surface area (Å²) in [5.41, 5.74) is 7.05. The predicted molar refractivity (Wildman–Crippen MR) is 73.9 cm³/mol. The van der Waals surface area contributed by atoms with Gasteiger partial charge in [-0.05, 0) is 36.5 Å². The van der Waals surface area contributed by atoms with Gasteiger partial charge in [-0.25, -0.2) is 0 Å². The van der Waals surface area contributed by atoms with Crippen LogP contribution in [0.2, 0.25) is 0 Å². The van der Waals surface area contributed by atoms with E-state index in [4.69, 9.17) is 10.5 Å². The molecule has 0 bridgehead atoms. The van der Waals surface area contributed by atoms with Crippen LogP contribution in [0.15, 0.2) is 29.3 Å². The molecule has 0 aliphatic heterocycles. The first-order valence-corrected chi connectivity index (χ1v) is 6.38. The minimum absolute atomic E-state index is 0.537. The molecule has 0 heterocycles. The molecule has 1 aromatic carbocycles. The Labute approximate surface area is 108 Å². The monoisotopic (exact) mass is 247 g/mol. The van der Waals surface area contributed by atoms with Gasteiger partial charge < -0.3 is 15.8 Å². The number of aliphatic imine (C=N–C) groups is 1. The molecule has 0 aromatic heterocycles. The van der Waals surface area contributed by atoms with Gasteiger partial charge in [0, 0.05) is 12.6 Å². The third kappa shape index (κ3) is 3.65. The number of nitrogens with one attached hydrogen (secondary N) is 1. The Morgan fingerprint density at radius 3 is 2.67 bits per heavy atom. The van der Waals surface area contributed by atoms with Gasteiger partial charge in [-0.15, -0.1) is 0 Å². The smallest absolute Gasteiger partial charge is 0.188 e. The van der Waals surface area contributed by atoms with Gasteiger partial charge in [0.25, 0.3) is 0 Å². The topological polar surface area (TPSA) is 59.6 Å². The van der Waals surface area contributed by atoms with E-state index in [1.54, 1.807) is 7.11 Å². The molecule has 1 aliphatic rings. The van der Waals surface area contributed by atoms with Crippen molar-refractivity contribution in [3.05, 3.63) is 29.8 Å². The van der Waals surface area contributed by atoms with Gasteiger partial charge >= 0.3 is 0 Å².